The van der Waals surface area contributed by atoms with E-state index in [0.717, 1.165) is 24.3 Å². The number of hydrogen-bond acceptors (Lipinski definition) is 3. The monoisotopic (exact) mass is 207 g/mol. The van der Waals surface area contributed by atoms with Crippen molar-refractivity contribution >= 4 is 0 Å². The molecule has 0 amide bonds. The van der Waals surface area contributed by atoms with Crippen LogP contribution in [0.15, 0.2) is 18.2 Å². The van der Waals surface area contributed by atoms with E-state index in [1.165, 1.54) is 6.42 Å². The quantitative estimate of drug-likeness (QED) is 0.798. The van der Waals surface area contributed by atoms with E-state index >= 15 is 0 Å². The van der Waals surface area contributed by atoms with Crippen molar-refractivity contribution in [3.05, 3.63) is 23.8 Å². The zero-order chi connectivity index (χ0) is 10.7. The third kappa shape index (κ3) is 2.23. The third-order valence-corrected chi connectivity index (χ3v) is 2.75. The van der Waals surface area contributed by atoms with Gasteiger partial charge in [0.15, 0.2) is 0 Å². The Labute approximate surface area is 90.1 Å². The van der Waals surface area contributed by atoms with Crippen LogP contribution in [0.4, 0.5) is 0 Å². The van der Waals surface area contributed by atoms with Crippen LogP contribution < -0.4 is 10.1 Å². The fraction of sp³-hybridized carbons (Fsp3) is 0.500. The Morgan fingerprint density at radius 3 is 3.07 bits per heavy atom. The second-order valence-electron chi connectivity index (χ2n) is 3.80. The molecule has 3 heteroatoms. The fourth-order valence-corrected chi connectivity index (χ4v) is 2.02. The summed E-state index contributed by atoms with van der Waals surface area (Å²) in [5.74, 6) is 1.19. The van der Waals surface area contributed by atoms with Gasteiger partial charge >= 0.3 is 0 Å². The molecule has 1 aromatic carbocycles. The van der Waals surface area contributed by atoms with Crippen LogP contribution in [-0.4, -0.2) is 18.3 Å². The predicted molar refractivity (Wildman–Crippen MR) is 59.3 cm³/mol. The zero-order valence-corrected chi connectivity index (χ0v) is 8.99. The number of phenolic OH excluding ortho intramolecular Hbond substituents is 1. The van der Waals surface area contributed by atoms with E-state index in [9.17, 15) is 5.11 Å². The van der Waals surface area contributed by atoms with Crippen LogP contribution in [0.5, 0.6) is 11.5 Å². The molecule has 15 heavy (non-hydrogen) atoms. The fourth-order valence-electron chi connectivity index (χ4n) is 2.02. The molecule has 0 unspecified atom stereocenters. The van der Waals surface area contributed by atoms with Crippen molar-refractivity contribution < 1.29 is 9.84 Å². The maximum absolute atomic E-state index is 9.77. The van der Waals surface area contributed by atoms with Gasteiger partial charge in [0.25, 0.3) is 0 Å². The van der Waals surface area contributed by atoms with Gasteiger partial charge in [-0.25, -0.2) is 0 Å². The standard InChI is InChI=1S/C12H17NO2/c1-2-15-9-5-6-12(14)10(8-9)11-4-3-7-13-11/h5-6,8,11,13-14H,2-4,7H2,1H3/t11-/m0/s1. The molecule has 1 aromatic rings. The first kappa shape index (κ1) is 10.3. The number of aromatic hydroxyl groups is 1. The smallest absolute Gasteiger partial charge is 0.120 e. The zero-order valence-electron chi connectivity index (χ0n) is 8.99. The lowest BCUT2D eigenvalue weighted by molar-refractivity contribution is 0.338. The van der Waals surface area contributed by atoms with Gasteiger partial charge in [0.2, 0.25) is 0 Å². The van der Waals surface area contributed by atoms with Crippen LogP contribution in [0.25, 0.3) is 0 Å². The summed E-state index contributed by atoms with van der Waals surface area (Å²) < 4.78 is 5.42. The van der Waals surface area contributed by atoms with Crippen LogP contribution in [0, 0.1) is 0 Å². The van der Waals surface area contributed by atoms with E-state index in [2.05, 4.69) is 5.32 Å². The summed E-state index contributed by atoms with van der Waals surface area (Å²) in [4.78, 5) is 0. The van der Waals surface area contributed by atoms with Crippen LogP contribution in [-0.2, 0) is 0 Å². The topological polar surface area (TPSA) is 41.5 Å². The molecule has 1 saturated heterocycles. The van der Waals surface area contributed by atoms with Crippen LogP contribution in [0.2, 0.25) is 0 Å². The lowest BCUT2D eigenvalue weighted by atomic mass is 10.0. The minimum absolute atomic E-state index is 0.283. The van der Waals surface area contributed by atoms with Crippen molar-refractivity contribution in [1.29, 1.82) is 0 Å². The maximum atomic E-state index is 9.77. The summed E-state index contributed by atoms with van der Waals surface area (Å²) in [6, 6.07) is 5.73. The van der Waals surface area contributed by atoms with Crippen LogP contribution in [0.3, 0.4) is 0 Å². The Kier molecular flexibility index (Phi) is 3.11. The molecule has 0 saturated carbocycles. The number of ether oxygens (including phenoxy) is 1. The molecule has 0 bridgehead atoms. The molecule has 0 aromatic heterocycles. The van der Waals surface area contributed by atoms with E-state index in [1.54, 1.807) is 12.1 Å². The molecule has 0 radical (unpaired) electrons. The van der Waals surface area contributed by atoms with Gasteiger partial charge in [-0.2, -0.15) is 0 Å². The first-order valence-electron chi connectivity index (χ1n) is 5.50. The summed E-state index contributed by atoms with van der Waals surface area (Å²) in [5.41, 5.74) is 0.957. The van der Waals surface area contributed by atoms with Crippen molar-refractivity contribution in [2.45, 2.75) is 25.8 Å². The molecule has 2 N–H and O–H groups in total. The molecule has 1 aliphatic heterocycles. The molecule has 82 valence electrons. The Balaban J connectivity index is 2.23. The number of benzene rings is 1. The lowest BCUT2D eigenvalue weighted by Crippen LogP contribution is -2.13. The van der Waals surface area contributed by atoms with Crippen molar-refractivity contribution in [3.8, 4) is 11.5 Å². The number of hydrogen-bond donors (Lipinski definition) is 2. The van der Waals surface area contributed by atoms with Crippen LogP contribution >= 0.6 is 0 Å². The average molecular weight is 207 g/mol. The molecule has 1 aliphatic rings. The Morgan fingerprint density at radius 2 is 2.40 bits per heavy atom. The van der Waals surface area contributed by atoms with Gasteiger partial charge in [-0.05, 0) is 44.5 Å². The molecular formula is C12H17NO2. The number of phenols is 1. The van der Waals surface area contributed by atoms with Gasteiger partial charge in [-0.3, -0.25) is 0 Å². The molecule has 1 fully saturated rings. The molecule has 1 atom stereocenters. The molecule has 1 heterocycles. The summed E-state index contributed by atoms with van der Waals surface area (Å²) in [7, 11) is 0. The van der Waals surface area contributed by atoms with Crippen molar-refractivity contribution in [2.75, 3.05) is 13.2 Å². The highest BCUT2D eigenvalue weighted by Gasteiger charge is 2.19. The van der Waals surface area contributed by atoms with E-state index in [4.69, 9.17) is 4.74 Å². The van der Waals surface area contributed by atoms with Crippen molar-refractivity contribution in [3.63, 3.8) is 0 Å². The highest BCUT2D eigenvalue weighted by molar-refractivity contribution is 5.41. The largest absolute Gasteiger partial charge is 0.508 e. The van der Waals surface area contributed by atoms with Crippen molar-refractivity contribution in [1.82, 2.24) is 5.32 Å². The molecule has 0 spiro atoms. The van der Waals surface area contributed by atoms with E-state index in [1.807, 2.05) is 13.0 Å². The minimum atomic E-state index is 0.283. The highest BCUT2D eigenvalue weighted by atomic mass is 16.5. The van der Waals surface area contributed by atoms with Gasteiger partial charge in [0.05, 0.1) is 6.61 Å². The summed E-state index contributed by atoms with van der Waals surface area (Å²) in [5, 5.41) is 13.1. The maximum Gasteiger partial charge on any atom is 0.120 e. The van der Waals surface area contributed by atoms with Crippen molar-refractivity contribution in [2.24, 2.45) is 0 Å². The van der Waals surface area contributed by atoms with Gasteiger partial charge in [-0.1, -0.05) is 0 Å². The summed E-state index contributed by atoms with van der Waals surface area (Å²) in [6.07, 6.45) is 2.26. The van der Waals surface area contributed by atoms with E-state index in [0.29, 0.717) is 12.4 Å². The van der Waals surface area contributed by atoms with Gasteiger partial charge in [0, 0.05) is 11.6 Å². The third-order valence-electron chi connectivity index (χ3n) is 2.75. The normalized spacial score (nSPS) is 20.5. The minimum Gasteiger partial charge on any atom is -0.508 e. The number of nitrogens with one attached hydrogen (secondary N) is 1. The summed E-state index contributed by atoms with van der Waals surface area (Å²) >= 11 is 0. The highest BCUT2D eigenvalue weighted by Crippen LogP contribution is 2.32. The summed E-state index contributed by atoms with van der Waals surface area (Å²) in [6.45, 7) is 3.64. The molecule has 2 rings (SSSR count). The van der Waals surface area contributed by atoms with Gasteiger partial charge < -0.3 is 15.2 Å². The van der Waals surface area contributed by atoms with E-state index < -0.39 is 0 Å². The Bertz CT molecular complexity index is 332. The lowest BCUT2D eigenvalue weighted by Gasteiger charge is -2.14. The predicted octanol–water partition coefficient (Wildman–Crippen LogP) is 2.22. The average Bonchev–Trinajstić information content (AvgIpc) is 2.74. The van der Waals surface area contributed by atoms with E-state index in [-0.39, 0.29) is 6.04 Å². The second-order valence-corrected chi connectivity index (χ2v) is 3.80. The molecule has 3 nitrogen and oxygen atoms in total. The number of rotatable bonds is 3. The Hall–Kier alpha value is -1.22. The first-order chi connectivity index (χ1) is 7.31. The van der Waals surface area contributed by atoms with Crippen LogP contribution in [0.1, 0.15) is 31.4 Å². The molecule has 0 aliphatic carbocycles. The SMILES string of the molecule is CCOc1ccc(O)c([C@@H]2CCCN2)c1. The molecular weight excluding hydrogens is 190 g/mol. The second kappa shape index (κ2) is 4.53. The Morgan fingerprint density at radius 1 is 1.53 bits per heavy atom. The van der Waals surface area contributed by atoms with Gasteiger partial charge in [0.1, 0.15) is 11.5 Å². The van der Waals surface area contributed by atoms with Gasteiger partial charge in [-0.15, -0.1) is 0 Å². The first-order valence-corrected chi connectivity index (χ1v) is 5.50.